The second-order valence-corrected chi connectivity index (χ2v) is 6.32. The van der Waals surface area contributed by atoms with Gasteiger partial charge in [0, 0.05) is 22.3 Å². The van der Waals surface area contributed by atoms with Crippen LogP contribution in [0.1, 0.15) is 20.8 Å². The van der Waals surface area contributed by atoms with Crippen LogP contribution in [0.25, 0.3) is 11.0 Å². The highest BCUT2D eigenvalue weighted by molar-refractivity contribution is 9.10. The number of nitrogens with one attached hydrogen (secondary N) is 1. The van der Waals surface area contributed by atoms with Crippen molar-refractivity contribution in [2.45, 2.75) is 6.92 Å². The van der Waals surface area contributed by atoms with Crippen LogP contribution in [-0.4, -0.2) is 15.8 Å². The third kappa shape index (κ3) is 2.12. The number of aromatic nitrogens is 2. The molecule has 3 aromatic heterocycles. The summed E-state index contributed by atoms with van der Waals surface area (Å²) in [5, 5.41) is 3.22. The summed E-state index contributed by atoms with van der Waals surface area (Å²) in [6.45, 7) is 1.89. The normalized spacial score (nSPS) is 11.1. The maximum Gasteiger partial charge on any atom is 0.206 e. The molecule has 0 unspecified atom stereocenters. The first kappa shape index (κ1) is 12.8. The van der Waals surface area contributed by atoms with E-state index < -0.39 is 0 Å². The molecule has 0 radical (unpaired) electrons. The van der Waals surface area contributed by atoms with E-state index in [-0.39, 0.29) is 5.78 Å². The van der Waals surface area contributed by atoms with E-state index in [2.05, 4.69) is 25.9 Å². The van der Waals surface area contributed by atoms with Crippen LogP contribution in [0.5, 0.6) is 0 Å². The Balaban J connectivity index is 2.17. The monoisotopic (exact) mass is 354 g/mol. The Morgan fingerprint density at radius 2 is 2.32 bits per heavy atom. The Morgan fingerprint density at radius 3 is 3.00 bits per heavy atom. The standard InChI is InChI=1S/C13H8BrClN2OS/c1-6-5-19-12(10(6)15)11(18)9-4-17-13-8(9)2-7(14)3-16-13/h2-5H,1H3,(H,16,17). The lowest BCUT2D eigenvalue weighted by Gasteiger charge is -1.98. The first-order chi connectivity index (χ1) is 9.08. The number of H-pyrrole nitrogens is 1. The Hall–Kier alpha value is -1.17. The smallest absolute Gasteiger partial charge is 0.206 e. The zero-order chi connectivity index (χ0) is 13.6. The molecule has 0 aliphatic carbocycles. The van der Waals surface area contributed by atoms with E-state index in [1.165, 1.54) is 11.3 Å². The number of carbonyl (C=O) groups is 1. The maximum atomic E-state index is 12.5. The second kappa shape index (κ2) is 4.74. The summed E-state index contributed by atoms with van der Waals surface area (Å²) in [7, 11) is 0. The molecule has 0 fully saturated rings. The van der Waals surface area contributed by atoms with Crippen LogP contribution in [-0.2, 0) is 0 Å². The molecule has 0 aromatic carbocycles. The lowest BCUT2D eigenvalue weighted by Crippen LogP contribution is -1.98. The van der Waals surface area contributed by atoms with Crippen molar-refractivity contribution in [2.75, 3.05) is 0 Å². The van der Waals surface area contributed by atoms with E-state index in [0.717, 1.165) is 15.4 Å². The van der Waals surface area contributed by atoms with Gasteiger partial charge >= 0.3 is 0 Å². The maximum absolute atomic E-state index is 12.5. The van der Waals surface area contributed by atoms with Crippen LogP contribution in [0.3, 0.4) is 0 Å². The number of hydrogen-bond acceptors (Lipinski definition) is 3. The number of fused-ring (bicyclic) bond motifs is 1. The first-order valence-electron chi connectivity index (χ1n) is 5.49. The molecule has 0 spiro atoms. The molecule has 3 nitrogen and oxygen atoms in total. The fourth-order valence-electron chi connectivity index (χ4n) is 1.87. The van der Waals surface area contributed by atoms with Gasteiger partial charge in [-0.2, -0.15) is 0 Å². The van der Waals surface area contributed by atoms with Crippen molar-refractivity contribution < 1.29 is 4.79 Å². The molecule has 0 amide bonds. The molecular formula is C13H8BrClN2OS. The van der Waals surface area contributed by atoms with Gasteiger partial charge in [0.2, 0.25) is 5.78 Å². The average Bonchev–Trinajstić information content (AvgIpc) is 2.94. The summed E-state index contributed by atoms with van der Waals surface area (Å²) in [5.41, 5.74) is 2.21. The molecule has 3 heterocycles. The molecule has 0 aliphatic heterocycles. The van der Waals surface area contributed by atoms with Crippen molar-refractivity contribution in [1.29, 1.82) is 0 Å². The van der Waals surface area contributed by atoms with Crippen molar-refractivity contribution in [3.63, 3.8) is 0 Å². The summed E-state index contributed by atoms with van der Waals surface area (Å²) in [4.78, 5) is 20.3. The molecule has 0 aliphatic rings. The number of halogens is 2. The van der Waals surface area contributed by atoms with E-state index in [9.17, 15) is 4.79 Å². The number of pyridine rings is 1. The van der Waals surface area contributed by atoms with E-state index in [1.807, 2.05) is 18.4 Å². The highest BCUT2D eigenvalue weighted by atomic mass is 79.9. The van der Waals surface area contributed by atoms with Gasteiger partial charge in [-0.05, 0) is 39.9 Å². The van der Waals surface area contributed by atoms with Gasteiger partial charge in [0.1, 0.15) is 5.65 Å². The zero-order valence-corrected chi connectivity index (χ0v) is 13.0. The highest BCUT2D eigenvalue weighted by Crippen LogP contribution is 2.31. The molecule has 0 bridgehead atoms. The number of aryl methyl sites for hydroxylation is 1. The van der Waals surface area contributed by atoms with Crippen LogP contribution in [0.4, 0.5) is 0 Å². The SMILES string of the molecule is Cc1csc(C(=O)c2c[nH]c3ncc(Br)cc23)c1Cl. The van der Waals surface area contributed by atoms with Crippen molar-refractivity contribution in [3.05, 3.63) is 49.3 Å². The number of rotatable bonds is 2. The molecule has 0 saturated heterocycles. The molecule has 0 atom stereocenters. The van der Waals surface area contributed by atoms with Gasteiger partial charge in [-0.3, -0.25) is 4.79 Å². The number of carbonyl (C=O) groups excluding carboxylic acids is 1. The van der Waals surface area contributed by atoms with Crippen LogP contribution < -0.4 is 0 Å². The highest BCUT2D eigenvalue weighted by Gasteiger charge is 2.20. The number of ketones is 1. The van der Waals surface area contributed by atoms with Crippen molar-refractivity contribution in [2.24, 2.45) is 0 Å². The Bertz CT molecular complexity index is 793. The Labute approximate surface area is 126 Å². The Morgan fingerprint density at radius 1 is 1.53 bits per heavy atom. The quantitative estimate of drug-likeness (QED) is 0.684. The lowest BCUT2D eigenvalue weighted by molar-refractivity contribution is 0.104. The molecule has 0 saturated carbocycles. The van der Waals surface area contributed by atoms with Gasteiger partial charge in [0.15, 0.2) is 0 Å². The van der Waals surface area contributed by atoms with Crippen molar-refractivity contribution >= 4 is 55.7 Å². The molecule has 6 heteroatoms. The summed E-state index contributed by atoms with van der Waals surface area (Å²) >= 11 is 10.9. The van der Waals surface area contributed by atoms with Crippen LogP contribution in [0.2, 0.25) is 5.02 Å². The van der Waals surface area contributed by atoms with Gasteiger partial charge in [0.25, 0.3) is 0 Å². The third-order valence-electron chi connectivity index (χ3n) is 2.85. The molecule has 3 aromatic rings. The van der Waals surface area contributed by atoms with Gasteiger partial charge < -0.3 is 4.98 Å². The average molecular weight is 356 g/mol. The predicted octanol–water partition coefficient (Wildman–Crippen LogP) is 4.58. The van der Waals surface area contributed by atoms with Crippen molar-refractivity contribution in [3.8, 4) is 0 Å². The van der Waals surface area contributed by atoms with E-state index in [0.29, 0.717) is 21.1 Å². The van der Waals surface area contributed by atoms with E-state index >= 15 is 0 Å². The predicted molar refractivity (Wildman–Crippen MR) is 81.3 cm³/mol. The van der Waals surface area contributed by atoms with Crippen LogP contribution >= 0.6 is 38.9 Å². The molecule has 3 rings (SSSR count). The van der Waals surface area contributed by atoms with Gasteiger partial charge in [-0.1, -0.05) is 11.6 Å². The topological polar surface area (TPSA) is 45.8 Å². The number of aromatic amines is 1. The number of hydrogen-bond donors (Lipinski definition) is 1. The minimum absolute atomic E-state index is 0.0748. The Kier molecular flexibility index (Phi) is 3.20. The zero-order valence-electron chi connectivity index (χ0n) is 9.83. The fourth-order valence-corrected chi connectivity index (χ4v) is 3.44. The van der Waals surface area contributed by atoms with Gasteiger partial charge in [-0.25, -0.2) is 4.98 Å². The number of nitrogens with zero attached hydrogens (tertiary/aromatic N) is 1. The summed E-state index contributed by atoms with van der Waals surface area (Å²) in [5.74, 6) is -0.0748. The van der Waals surface area contributed by atoms with Crippen LogP contribution in [0.15, 0.2) is 28.3 Å². The van der Waals surface area contributed by atoms with Gasteiger partial charge in [-0.15, -0.1) is 11.3 Å². The fraction of sp³-hybridized carbons (Fsp3) is 0.0769. The summed E-state index contributed by atoms with van der Waals surface area (Å²) in [6.07, 6.45) is 3.37. The lowest BCUT2D eigenvalue weighted by atomic mass is 10.1. The molecule has 96 valence electrons. The second-order valence-electron chi connectivity index (χ2n) is 4.14. The minimum Gasteiger partial charge on any atom is -0.345 e. The third-order valence-corrected chi connectivity index (χ3v) is 4.98. The minimum atomic E-state index is -0.0748. The summed E-state index contributed by atoms with van der Waals surface area (Å²) in [6, 6.07) is 1.88. The summed E-state index contributed by atoms with van der Waals surface area (Å²) < 4.78 is 0.835. The molecule has 1 N–H and O–H groups in total. The number of thiophene rings is 1. The molecular weight excluding hydrogens is 348 g/mol. The first-order valence-corrected chi connectivity index (χ1v) is 7.54. The van der Waals surface area contributed by atoms with E-state index in [4.69, 9.17) is 11.6 Å². The van der Waals surface area contributed by atoms with E-state index in [1.54, 1.807) is 12.4 Å². The van der Waals surface area contributed by atoms with Gasteiger partial charge in [0.05, 0.1) is 15.5 Å². The largest absolute Gasteiger partial charge is 0.345 e. The van der Waals surface area contributed by atoms with Crippen LogP contribution in [0, 0.1) is 6.92 Å². The molecule has 19 heavy (non-hydrogen) atoms. The van der Waals surface area contributed by atoms with Crippen molar-refractivity contribution in [1.82, 2.24) is 9.97 Å².